The van der Waals surface area contributed by atoms with Gasteiger partial charge in [0.25, 0.3) is 0 Å². The zero-order valence-corrected chi connectivity index (χ0v) is 20.3. The van der Waals surface area contributed by atoms with Crippen molar-refractivity contribution in [1.29, 1.82) is 0 Å². The van der Waals surface area contributed by atoms with Gasteiger partial charge in [-0.05, 0) is 60.5 Å². The standard InChI is InChI=1S/C26H27ClN4O4/c1-34-23-12-18(13-24(16-23)35-2)17-30-10-5-11-31(26(30)33)22-9-4-8-21(15-22)29-25(32)28-20-7-3-6-19(27)14-20/h3-4,6-9,12-16H,5,10-11,17H2,1-2H3,(H2,28,29,32). The normalized spacial score (nSPS) is 13.4. The predicted octanol–water partition coefficient (Wildman–Crippen LogP) is 5.83. The van der Waals surface area contributed by atoms with Crippen LogP contribution in [0, 0.1) is 0 Å². The van der Waals surface area contributed by atoms with Crippen LogP contribution in [0.1, 0.15) is 12.0 Å². The molecule has 4 amide bonds. The van der Waals surface area contributed by atoms with E-state index in [9.17, 15) is 9.59 Å². The van der Waals surface area contributed by atoms with Crippen LogP contribution in [0.2, 0.25) is 5.02 Å². The molecule has 35 heavy (non-hydrogen) atoms. The van der Waals surface area contributed by atoms with Crippen LogP contribution in [0.15, 0.2) is 66.7 Å². The molecule has 0 spiro atoms. The molecular formula is C26H27ClN4O4. The fraction of sp³-hybridized carbons (Fsp3) is 0.231. The lowest BCUT2D eigenvalue weighted by Gasteiger charge is -2.36. The van der Waals surface area contributed by atoms with Crippen molar-refractivity contribution in [2.24, 2.45) is 0 Å². The van der Waals surface area contributed by atoms with E-state index in [2.05, 4.69) is 10.6 Å². The largest absolute Gasteiger partial charge is 0.497 e. The number of hydrogen-bond donors (Lipinski definition) is 2. The van der Waals surface area contributed by atoms with Gasteiger partial charge in [0.1, 0.15) is 11.5 Å². The lowest BCUT2D eigenvalue weighted by Crippen LogP contribution is -2.49. The first-order valence-corrected chi connectivity index (χ1v) is 11.5. The molecule has 8 nitrogen and oxygen atoms in total. The van der Waals surface area contributed by atoms with Crippen LogP contribution in [0.4, 0.5) is 26.7 Å². The molecule has 3 aromatic rings. The second-order valence-electron chi connectivity index (χ2n) is 8.07. The summed E-state index contributed by atoms with van der Waals surface area (Å²) in [5.74, 6) is 1.35. The zero-order chi connectivity index (χ0) is 24.8. The highest BCUT2D eigenvalue weighted by Gasteiger charge is 2.27. The van der Waals surface area contributed by atoms with Gasteiger partial charge >= 0.3 is 12.1 Å². The van der Waals surface area contributed by atoms with Gasteiger partial charge in [0.2, 0.25) is 0 Å². The third-order valence-corrected chi connectivity index (χ3v) is 5.83. The van der Waals surface area contributed by atoms with Crippen molar-refractivity contribution in [2.75, 3.05) is 42.8 Å². The van der Waals surface area contributed by atoms with Gasteiger partial charge in [-0.15, -0.1) is 0 Å². The summed E-state index contributed by atoms with van der Waals surface area (Å²) in [5, 5.41) is 6.09. The maximum Gasteiger partial charge on any atom is 0.324 e. The summed E-state index contributed by atoms with van der Waals surface area (Å²) in [4.78, 5) is 29.3. The van der Waals surface area contributed by atoms with E-state index in [1.54, 1.807) is 66.5 Å². The average Bonchev–Trinajstić information content (AvgIpc) is 2.85. The third kappa shape index (κ3) is 6.16. The minimum absolute atomic E-state index is 0.0986. The van der Waals surface area contributed by atoms with Crippen LogP contribution in [0.5, 0.6) is 11.5 Å². The van der Waals surface area contributed by atoms with Crippen LogP contribution in [0.25, 0.3) is 0 Å². The summed E-state index contributed by atoms with van der Waals surface area (Å²) in [7, 11) is 3.20. The number of anilines is 3. The van der Waals surface area contributed by atoms with Gasteiger partial charge < -0.3 is 25.0 Å². The number of amides is 4. The Kier molecular flexibility index (Phi) is 7.62. The smallest absolute Gasteiger partial charge is 0.324 e. The molecule has 2 N–H and O–H groups in total. The van der Waals surface area contributed by atoms with Crippen molar-refractivity contribution in [3.8, 4) is 11.5 Å². The predicted molar refractivity (Wildman–Crippen MR) is 138 cm³/mol. The molecule has 1 fully saturated rings. The topological polar surface area (TPSA) is 83.1 Å². The number of rotatable bonds is 7. The highest BCUT2D eigenvalue weighted by Crippen LogP contribution is 2.27. The molecular weight excluding hydrogens is 468 g/mol. The number of halogens is 1. The maximum absolute atomic E-state index is 13.3. The van der Waals surface area contributed by atoms with Crippen molar-refractivity contribution in [3.63, 3.8) is 0 Å². The maximum atomic E-state index is 13.3. The van der Waals surface area contributed by atoms with E-state index in [0.717, 1.165) is 12.0 Å². The number of methoxy groups -OCH3 is 2. The number of carbonyl (C=O) groups is 2. The van der Waals surface area contributed by atoms with Gasteiger partial charge in [0, 0.05) is 47.8 Å². The lowest BCUT2D eigenvalue weighted by molar-refractivity contribution is 0.192. The Bertz CT molecular complexity index is 1200. The van der Waals surface area contributed by atoms with Crippen LogP contribution in [-0.2, 0) is 6.54 Å². The first-order valence-electron chi connectivity index (χ1n) is 11.2. The lowest BCUT2D eigenvalue weighted by atomic mass is 10.1. The molecule has 0 unspecified atom stereocenters. The fourth-order valence-corrected chi connectivity index (χ4v) is 4.15. The number of benzene rings is 3. The fourth-order valence-electron chi connectivity index (χ4n) is 3.96. The molecule has 0 radical (unpaired) electrons. The molecule has 0 saturated carbocycles. The summed E-state index contributed by atoms with van der Waals surface area (Å²) in [6, 6.07) is 19.2. The van der Waals surface area contributed by atoms with Gasteiger partial charge in [0.05, 0.1) is 14.2 Å². The Balaban J connectivity index is 1.45. The molecule has 0 aliphatic carbocycles. The van der Waals surface area contributed by atoms with Gasteiger partial charge in [-0.3, -0.25) is 4.90 Å². The van der Waals surface area contributed by atoms with E-state index in [1.165, 1.54) is 0 Å². The minimum atomic E-state index is -0.400. The van der Waals surface area contributed by atoms with Crippen molar-refractivity contribution in [2.45, 2.75) is 13.0 Å². The van der Waals surface area contributed by atoms with Crippen LogP contribution in [-0.4, -0.2) is 44.3 Å². The molecule has 4 rings (SSSR count). The summed E-state index contributed by atoms with van der Waals surface area (Å²) in [5.41, 5.74) is 2.79. The van der Waals surface area contributed by atoms with Crippen molar-refractivity contribution >= 4 is 40.7 Å². The van der Waals surface area contributed by atoms with Crippen LogP contribution >= 0.6 is 11.6 Å². The Morgan fingerprint density at radius 2 is 1.57 bits per heavy atom. The number of carbonyl (C=O) groups excluding carboxylic acids is 2. The summed E-state index contributed by atoms with van der Waals surface area (Å²) >= 11 is 5.98. The van der Waals surface area contributed by atoms with Gasteiger partial charge in [0.15, 0.2) is 0 Å². The van der Waals surface area contributed by atoms with E-state index in [4.69, 9.17) is 21.1 Å². The summed E-state index contributed by atoms with van der Waals surface area (Å²) in [6.07, 6.45) is 0.819. The number of nitrogens with one attached hydrogen (secondary N) is 2. The van der Waals surface area contributed by atoms with E-state index in [0.29, 0.717) is 53.2 Å². The molecule has 1 saturated heterocycles. The number of nitrogens with zero attached hydrogens (tertiary/aromatic N) is 2. The molecule has 0 bridgehead atoms. The molecule has 1 aliphatic rings. The Morgan fingerprint density at radius 3 is 2.23 bits per heavy atom. The van der Waals surface area contributed by atoms with Gasteiger partial charge in [-0.25, -0.2) is 9.59 Å². The number of urea groups is 2. The zero-order valence-electron chi connectivity index (χ0n) is 19.6. The molecule has 1 aliphatic heterocycles. The highest BCUT2D eigenvalue weighted by molar-refractivity contribution is 6.30. The number of hydrogen-bond acceptors (Lipinski definition) is 4. The van der Waals surface area contributed by atoms with Crippen LogP contribution in [0.3, 0.4) is 0 Å². The van der Waals surface area contributed by atoms with Crippen LogP contribution < -0.4 is 25.0 Å². The SMILES string of the molecule is COc1cc(CN2CCCN(c3cccc(NC(=O)Nc4cccc(Cl)c4)c3)C2=O)cc(OC)c1. The Hall–Kier alpha value is -3.91. The van der Waals surface area contributed by atoms with Crippen molar-refractivity contribution in [1.82, 2.24) is 4.90 Å². The highest BCUT2D eigenvalue weighted by atomic mass is 35.5. The van der Waals surface area contributed by atoms with E-state index >= 15 is 0 Å². The summed E-state index contributed by atoms with van der Waals surface area (Å²) < 4.78 is 10.7. The molecule has 182 valence electrons. The molecule has 0 atom stereocenters. The van der Waals surface area contributed by atoms with Crippen molar-refractivity contribution in [3.05, 3.63) is 77.3 Å². The second kappa shape index (κ2) is 11.0. The van der Waals surface area contributed by atoms with E-state index < -0.39 is 6.03 Å². The minimum Gasteiger partial charge on any atom is -0.497 e. The quantitative estimate of drug-likeness (QED) is 0.432. The third-order valence-electron chi connectivity index (χ3n) is 5.59. The monoisotopic (exact) mass is 494 g/mol. The average molecular weight is 495 g/mol. The first kappa shape index (κ1) is 24.2. The van der Waals surface area contributed by atoms with E-state index in [1.807, 2.05) is 24.3 Å². The Labute approximate surface area is 209 Å². The first-order chi connectivity index (χ1) is 16.9. The van der Waals surface area contributed by atoms with Crippen molar-refractivity contribution < 1.29 is 19.1 Å². The van der Waals surface area contributed by atoms with E-state index in [-0.39, 0.29) is 6.03 Å². The summed E-state index contributed by atoms with van der Waals surface area (Å²) in [6.45, 7) is 1.67. The molecule has 3 aromatic carbocycles. The van der Waals surface area contributed by atoms with Gasteiger partial charge in [-0.2, -0.15) is 0 Å². The Morgan fingerprint density at radius 1 is 0.914 bits per heavy atom. The van der Waals surface area contributed by atoms with Gasteiger partial charge in [-0.1, -0.05) is 23.7 Å². The molecule has 1 heterocycles. The molecule has 0 aromatic heterocycles. The second-order valence-corrected chi connectivity index (χ2v) is 8.51. The molecule has 9 heteroatoms. The number of ether oxygens (including phenoxy) is 2.